The Morgan fingerprint density at radius 3 is 1.50 bits per heavy atom. The van der Waals surface area contributed by atoms with E-state index in [4.69, 9.17) is 10.5 Å². The summed E-state index contributed by atoms with van der Waals surface area (Å²) in [5.74, 6) is 0.250. The van der Waals surface area contributed by atoms with Gasteiger partial charge in [0.2, 0.25) is 0 Å². The molecule has 8 nitrogen and oxygen atoms in total. The first-order valence-electron chi connectivity index (χ1n) is 14.1. The minimum atomic E-state index is -0.505. The number of ether oxygens (including phenoxy) is 1. The summed E-state index contributed by atoms with van der Waals surface area (Å²) < 4.78 is 5.19. The van der Waals surface area contributed by atoms with Crippen LogP contribution in [0.25, 0.3) is 0 Å². The SMILES string of the molecule is CC(C)(C)OC(=O)NCc1ccc(C(=O)N2CCCCC2)cc1.Cl.NCc1ccc(C(=O)N2CCCCC2)cc1. The Hall–Kier alpha value is -3.10. The van der Waals surface area contributed by atoms with Gasteiger partial charge in [0.1, 0.15) is 5.60 Å². The van der Waals surface area contributed by atoms with Gasteiger partial charge in [-0.2, -0.15) is 0 Å². The average Bonchev–Trinajstić information content (AvgIpc) is 2.96. The lowest BCUT2D eigenvalue weighted by atomic mass is 10.1. The number of halogens is 1. The Morgan fingerprint density at radius 2 is 1.12 bits per heavy atom. The summed E-state index contributed by atoms with van der Waals surface area (Å²) in [6.07, 6.45) is 6.45. The summed E-state index contributed by atoms with van der Waals surface area (Å²) in [6, 6.07) is 15.0. The van der Waals surface area contributed by atoms with Gasteiger partial charge in [-0.15, -0.1) is 12.4 Å². The number of nitrogens with zero attached hydrogens (tertiary/aromatic N) is 2. The Morgan fingerprint density at radius 1 is 0.725 bits per heavy atom. The molecule has 4 rings (SSSR count). The summed E-state index contributed by atoms with van der Waals surface area (Å²) >= 11 is 0. The highest BCUT2D eigenvalue weighted by Gasteiger charge is 2.19. The molecule has 3 N–H and O–H groups in total. The molecule has 9 heteroatoms. The van der Waals surface area contributed by atoms with Crippen molar-refractivity contribution in [1.29, 1.82) is 0 Å². The number of carbonyl (C=O) groups is 3. The number of likely N-dealkylation sites (tertiary alicyclic amines) is 2. The molecule has 0 atom stereocenters. The van der Waals surface area contributed by atoms with Gasteiger partial charge in [-0.05, 0) is 94.7 Å². The fourth-order valence-electron chi connectivity index (χ4n) is 4.60. The maximum absolute atomic E-state index is 12.4. The Bertz CT molecular complexity index is 1070. The van der Waals surface area contributed by atoms with Crippen LogP contribution < -0.4 is 11.1 Å². The predicted octanol–water partition coefficient (Wildman–Crippen LogP) is 5.53. The molecule has 0 unspecified atom stereocenters. The summed E-state index contributed by atoms with van der Waals surface area (Å²) in [4.78, 5) is 39.9. The smallest absolute Gasteiger partial charge is 0.407 e. The molecule has 0 bridgehead atoms. The second-order valence-electron chi connectivity index (χ2n) is 11.2. The zero-order valence-corrected chi connectivity index (χ0v) is 24.9. The number of nitrogens with two attached hydrogens (primary N) is 1. The van der Waals surface area contributed by atoms with E-state index < -0.39 is 11.7 Å². The number of rotatable bonds is 5. The minimum absolute atomic E-state index is 0. The van der Waals surface area contributed by atoms with Gasteiger partial charge in [0, 0.05) is 50.4 Å². The first-order valence-corrected chi connectivity index (χ1v) is 14.1. The summed E-state index contributed by atoms with van der Waals surface area (Å²) in [7, 11) is 0. The van der Waals surface area contributed by atoms with E-state index in [-0.39, 0.29) is 24.2 Å². The third-order valence-corrected chi connectivity index (χ3v) is 6.76. The van der Waals surface area contributed by atoms with Crippen LogP contribution in [0, 0.1) is 0 Å². The molecule has 220 valence electrons. The van der Waals surface area contributed by atoms with E-state index in [1.807, 2.05) is 79.1 Å². The highest BCUT2D eigenvalue weighted by molar-refractivity contribution is 5.94. The predicted molar refractivity (Wildman–Crippen MR) is 161 cm³/mol. The standard InChI is InChI=1S/C18H26N2O3.C13H18N2O.ClH/c1-18(2,3)23-17(22)19-13-14-7-9-15(10-8-14)16(21)20-11-5-4-6-12-20;14-10-11-4-6-12(7-5-11)13(16)15-8-2-1-3-9-15;/h7-10H,4-6,11-13H2,1-3H3,(H,19,22);4-7H,1-3,8-10,14H2;1H. The fourth-order valence-corrected chi connectivity index (χ4v) is 4.60. The van der Waals surface area contributed by atoms with Crippen LogP contribution in [-0.2, 0) is 17.8 Å². The van der Waals surface area contributed by atoms with Crippen molar-refractivity contribution in [2.75, 3.05) is 26.2 Å². The molecular formula is C31H45ClN4O4. The molecular weight excluding hydrogens is 528 g/mol. The maximum Gasteiger partial charge on any atom is 0.407 e. The lowest BCUT2D eigenvalue weighted by Gasteiger charge is -2.26. The van der Waals surface area contributed by atoms with Crippen LogP contribution in [0.15, 0.2) is 48.5 Å². The second-order valence-corrected chi connectivity index (χ2v) is 11.2. The fraction of sp³-hybridized carbons (Fsp3) is 0.516. The van der Waals surface area contributed by atoms with Gasteiger partial charge in [-0.25, -0.2) is 4.79 Å². The van der Waals surface area contributed by atoms with Crippen LogP contribution in [0.5, 0.6) is 0 Å². The highest BCUT2D eigenvalue weighted by atomic mass is 35.5. The number of piperidine rings is 2. The molecule has 2 aliphatic rings. The topological polar surface area (TPSA) is 105 Å². The lowest BCUT2D eigenvalue weighted by Crippen LogP contribution is -2.35. The van der Waals surface area contributed by atoms with Crippen molar-refractivity contribution < 1.29 is 19.1 Å². The first kappa shape index (κ1) is 33.1. The van der Waals surface area contributed by atoms with E-state index >= 15 is 0 Å². The number of benzene rings is 2. The van der Waals surface area contributed by atoms with Crippen molar-refractivity contribution in [3.8, 4) is 0 Å². The molecule has 0 spiro atoms. The first-order chi connectivity index (χ1) is 18.7. The van der Waals surface area contributed by atoms with Crippen molar-refractivity contribution in [3.05, 3.63) is 70.8 Å². The quantitative estimate of drug-likeness (QED) is 0.490. The molecule has 2 aromatic rings. The number of carbonyl (C=O) groups excluding carboxylic acids is 3. The van der Waals surface area contributed by atoms with Crippen LogP contribution >= 0.6 is 12.4 Å². The molecule has 40 heavy (non-hydrogen) atoms. The van der Waals surface area contributed by atoms with Crippen molar-refractivity contribution in [2.24, 2.45) is 5.73 Å². The molecule has 2 saturated heterocycles. The minimum Gasteiger partial charge on any atom is -0.444 e. The van der Waals surface area contributed by atoms with Gasteiger partial charge >= 0.3 is 6.09 Å². The van der Waals surface area contributed by atoms with Gasteiger partial charge in [0.15, 0.2) is 0 Å². The van der Waals surface area contributed by atoms with Crippen molar-refractivity contribution in [2.45, 2.75) is 78.0 Å². The van der Waals surface area contributed by atoms with Crippen LogP contribution in [0.2, 0.25) is 0 Å². The largest absolute Gasteiger partial charge is 0.444 e. The molecule has 0 saturated carbocycles. The zero-order chi connectivity index (χ0) is 28.3. The molecule has 2 aromatic carbocycles. The summed E-state index contributed by atoms with van der Waals surface area (Å²) in [5, 5.41) is 2.71. The van der Waals surface area contributed by atoms with Crippen molar-refractivity contribution in [1.82, 2.24) is 15.1 Å². The second kappa shape index (κ2) is 16.2. The highest BCUT2D eigenvalue weighted by Crippen LogP contribution is 2.15. The molecule has 3 amide bonds. The van der Waals surface area contributed by atoms with E-state index in [0.717, 1.165) is 68.6 Å². The summed E-state index contributed by atoms with van der Waals surface area (Å²) in [6.45, 7) is 9.89. The van der Waals surface area contributed by atoms with Crippen LogP contribution in [0.3, 0.4) is 0 Å². The van der Waals surface area contributed by atoms with E-state index in [0.29, 0.717) is 18.7 Å². The van der Waals surface area contributed by atoms with E-state index in [9.17, 15) is 14.4 Å². The summed E-state index contributed by atoms with van der Waals surface area (Å²) in [5.41, 5.74) is 8.50. The number of hydrogen-bond acceptors (Lipinski definition) is 5. The third-order valence-electron chi connectivity index (χ3n) is 6.76. The van der Waals surface area contributed by atoms with Gasteiger partial charge in [0.25, 0.3) is 11.8 Å². The maximum atomic E-state index is 12.4. The monoisotopic (exact) mass is 572 g/mol. The Kier molecular flexibility index (Phi) is 13.4. The van der Waals surface area contributed by atoms with Gasteiger partial charge in [0.05, 0.1) is 0 Å². The van der Waals surface area contributed by atoms with Crippen LogP contribution in [0.1, 0.15) is 91.1 Å². The lowest BCUT2D eigenvalue weighted by molar-refractivity contribution is 0.0522. The molecule has 0 aliphatic carbocycles. The molecule has 0 radical (unpaired) electrons. The average molecular weight is 573 g/mol. The number of nitrogens with one attached hydrogen (secondary N) is 1. The molecule has 0 aromatic heterocycles. The number of hydrogen-bond donors (Lipinski definition) is 2. The number of amides is 3. The van der Waals surface area contributed by atoms with Gasteiger partial charge in [-0.3, -0.25) is 9.59 Å². The number of alkyl carbamates (subject to hydrolysis) is 1. The molecule has 2 aliphatic heterocycles. The van der Waals surface area contributed by atoms with Crippen LogP contribution in [-0.4, -0.2) is 59.5 Å². The van der Waals surface area contributed by atoms with Crippen molar-refractivity contribution >= 4 is 30.3 Å². The Labute approximate surface area is 245 Å². The van der Waals surface area contributed by atoms with E-state index in [1.54, 1.807) is 0 Å². The van der Waals surface area contributed by atoms with E-state index in [2.05, 4.69) is 5.32 Å². The van der Waals surface area contributed by atoms with Crippen molar-refractivity contribution in [3.63, 3.8) is 0 Å². The third kappa shape index (κ3) is 10.8. The molecule has 2 fully saturated rings. The molecule has 2 heterocycles. The zero-order valence-electron chi connectivity index (χ0n) is 24.1. The normalized spacial score (nSPS) is 15.2. The van der Waals surface area contributed by atoms with Gasteiger partial charge in [-0.1, -0.05) is 24.3 Å². The van der Waals surface area contributed by atoms with Crippen LogP contribution in [0.4, 0.5) is 4.79 Å². The Balaban J connectivity index is 0.000000290. The van der Waals surface area contributed by atoms with E-state index in [1.165, 1.54) is 12.8 Å². The van der Waals surface area contributed by atoms with Gasteiger partial charge < -0.3 is 25.6 Å².